The first kappa shape index (κ1) is 17.6. The maximum absolute atomic E-state index is 12.9. The van der Waals surface area contributed by atoms with Crippen LogP contribution in [0.25, 0.3) is 0 Å². The van der Waals surface area contributed by atoms with Gasteiger partial charge in [0.25, 0.3) is 0 Å². The summed E-state index contributed by atoms with van der Waals surface area (Å²) in [5.41, 5.74) is -2.86. The summed E-state index contributed by atoms with van der Waals surface area (Å²) in [5.74, 6) is -0.457. The quantitative estimate of drug-likeness (QED) is 0.470. The Hall–Kier alpha value is -2.23. The minimum atomic E-state index is -4.63. The van der Waals surface area contributed by atoms with E-state index in [2.05, 4.69) is 17.9 Å². The zero-order valence-corrected chi connectivity index (χ0v) is 13.0. The largest absolute Gasteiger partial charge is 0.506 e. The van der Waals surface area contributed by atoms with Crippen molar-refractivity contribution in [1.29, 1.82) is 0 Å². The van der Waals surface area contributed by atoms with Crippen LogP contribution in [0.15, 0.2) is 36.4 Å². The molecule has 1 atom stereocenters. The van der Waals surface area contributed by atoms with E-state index < -0.39 is 34.7 Å². The summed E-state index contributed by atoms with van der Waals surface area (Å²) in [5, 5.41) is 12.6. The average Bonchev–Trinajstić information content (AvgIpc) is 2.80. The molecule has 1 heterocycles. The van der Waals surface area contributed by atoms with Gasteiger partial charge in [0.05, 0.1) is 28.2 Å². The Kier molecular flexibility index (Phi) is 3.98. The van der Waals surface area contributed by atoms with E-state index in [9.17, 15) is 31.4 Å². The Balaban J connectivity index is 2.09. The SMILES string of the molecule is Oc1ccc(C(F)(F)F)cc1N1c2ccc(C(F)(F)F)cc2NC1S. The molecule has 2 aromatic carbocycles. The Labute approximate surface area is 143 Å². The van der Waals surface area contributed by atoms with E-state index in [-0.39, 0.29) is 17.1 Å². The number of fused-ring (bicyclic) bond motifs is 1. The van der Waals surface area contributed by atoms with Gasteiger partial charge in [-0.25, -0.2) is 0 Å². The zero-order chi connectivity index (χ0) is 18.6. The second kappa shape index (κ2) is 5.65. The van der Waals surface area contributed by atoms with Crippen LogP contribution in [-0.4, -0.2) is 10.6 Å². The highest BCUT2D eigenvalue weighted by Crippen LogP contribution is 2.47. The molecule has 1 aliphatic rings. The molecule has 134 valence electrons. The molecule has 2 aromatic rings. The first-order chi connectivity index (χ1) is 11.5. The number of aromatic hydroxyl groups is 1. The number of nitrogens with one attached hydrogen (secondary N) is 1. The standard InChI is InChI=1S/C15H10F6N2OS/c16-14(17,18)7-1-3-10-9(5-7)22-13(25)23(10)11-6-8(15(19,20)21)2-4-12(11)24/h1-6,13,22,24-25H. The number of hydrogen-bond donors (Lipinski definition) is 3. The molecule has 0 radical (unpaired) electrons. The molecule has 0 saturated carbocycles. The summed E-state index contributed by atoms with van der Waals surface area (Å²) in [6, 6.07) is 5.06. The Bertz CT molecular complexity index is 821. The topological polar surface area (TPSA) is 35.5 Å². The Morgan fingerprint density at radius 3 is 2.04 bits per heavy atom. The van der Waals surface area contributed by atoms with Crippen LogP contribution >= 0.6 is 12.6 Å². The molecule has 0 bridgehead atoms. The van der Waals surface area contributed by atoms with Gasteiger partial charge in [-0.15, -0.1) is 12.6 Å². The van der Waals surface area contributed by atoms with Gasteiger partial charge in [-0.3, -0.25) is 0 Å². The predicted octanol–water partition coefficient (Wildman–Crippen LogP) is 5.21. The summed E-state index contributed by atoms with van der Waals surface area (Å²) >= 11 is 4.15. The smallest absolute Gasteiger partial charge is 0.416 e. The van der Waals surface area contributed by atoms with Gasteiger partial charge in [-0.05, 0) is 36.4 Å². The fraction of sp³-hybridized carbons (Fsp3) is 0.200. The van der Waals surface area contributed by atoms with E-state index in [0.29, 0.717) is 12.1 Å². The minimum Gasteiger partial charge on any atom is -0.506 e. The van der Waals surface area contributed by atoms with E-state index >= 15 is 0 Å². The zero-order valence-electron chi connectivity index (χ0n) is 12.2. The lowest BCUT2D eigenvalue weighted by atomic mass is 10.1. The lowest BCUT2D eigenvalue weighted by Crippen LogP contribution is -2.26. The maximum atomic E-state index is 12.9. The lowest BCUT2D eigenvalue weighted by Gasteiger charge is -2.25. The summed E-state index contributed by atoms with van der Waals surface area (Å²) < 4.78 is 77.1. The van der Waals surface area contributed by atoms with Crippen LogP contribution in [0.5, 0.6) is 5.75 Å². The number of benzene rings is 2. The molecule has 1 unspecified atom stereocenters. The molecule has 0 amide bonds. The number of phenolic OH excluding ortho intramolecular Hbond substituents is 1. The molecule has 0 spiro atoms. The normalized spacial score (nSPS) is 17.4. The van der Waals surface area contributed by atoms with Crippen LogP contribution in [-0.2, 0) is 12.4 Å². The number of rotatable bonds is 1. The van der Waals surface area contributed by atoms with Gasteiger partial charge in [0.2, 0.25) is 0 Å². The summed E-state index contributed by atoms with van der Waals surface area (Å²) in [4.78, 5) is 1.18. The number of halogens is 6. The van der Waals surface area contributed by atoms with Crippen LogP contribution in [0.4, 0.5) is 43.4 Å². The van der Waals surface area contributed by atoms with Crippen LogP contribution in [0, 0.1) is 0 Å². The van der Waals surface area contributed by atoms with E-state index in [1.165, 1.54) is 4.90 Å². The van der Waals surface area contributed by atoms with Crippen molar-refractivity contribution in [3.8, 4) is 5.75 Å². The van der Waals surface area contributed by atoms with Crippen molar-refractivity contribution >= 4 is 29.7 Å². The highest BCUT2D eigenvalue weighted by atomic mass is 32.1. The van der Waals surface area contributed by atoms with Crippen molar-refractivity contribution in [3.05, 3.63) is 47.5 Å². The van der Waals surface area contributed by atoms with Gasteiger partial charge in [-0.2, -0.15) is 26.3 Å². The van der Waals surface area contributed by atoms with Gasteiger partial charge in [0.15, 0.2) is 0 Å². The third-order valence-electron chi connectivity index (χ3n) is 3.67. The van der Waals surface area contributed by atoms with Crippen molar-refractivity contribution in [3.63, 3.8) is 0 Å². The Morgan fingerprint density at radius 2 is 1.44 bits per heavy atom. The van der Waals surface area contributed by atoms with Crippen molar-refractivity contribution in [1.82, 2.24) is 0 Å². The van der Waals surface area contributed by atoms with Gasteiger partial charge in [0, 0.05) is 0 Å². The van der Waals surface area contributed by atoms with Crippen LogP contribution < -0.4 is 10.2 Å². The third kappa shape index (κ3) is 3.17. The molecule has 1 aliphatic heterocycles. The summed E-state index contributed by atoms with van der Waals surface area (Å²) in [6.45, 7) is 0. The summed E-state index contributed by atoms with van der Waals surface area (Å²) in [7, 11) is 0. The van der Waals surface area contributed by atoms with E-state index in [4.69, 9.17) is 0 Å². The second-order valence-electron chi connectivity index (χ2n) is 5.32. The van der Waals surface area contributed by atoms with Gasteiger partial charge >= 0.3 is 12.4 Å². The predicted molar refractivity (Wildman–Crippen MR) is 83.1 cm³/mol. The average molecular weight is 380 g/mol. The van der Waals surface area contributed by atoms with Crippen molar-refractivity contribution < 1.29 is 31.4 Å². The molecule has 3 nitrogen and oxygen atoms in total. The number of nitrogens with zero attached hydrogens (tertiary/aromatic N) is 1. The number of hydrogen-bond acceptors (Lipinski definition) is 4. The van der Waals surface area contributed by atoms with Gasteiger partial charge < -0.3 is 15.3 Å². The van der Waals surface area contributed by atoms with Crippen LogP contribution in [0.1, 0.15) is 11.1 Å². The number of alkyl halides is 6. The van der Waals surface area contributed by atoms with Crippen molar-refractivity contribution in [2.24, 2.45) is 0 Å². The minimum absolute atomic E-state index is 0.0478. The van der Waals surface area contributed by atoms with Crippen LogP contribution in [0.3, 0.4) is 0 Å². The highest BCUT2D eigenvalue weighted by Gasteiger charge is 2.37. The number of phenols is 1. The second-order valence-corrected chi connectivity index (χ2v) is 5.81. The molecule has 0 saturated heterocycles. The molecule has 0 fully saturated rings. The third-order valence-corrected chi connectivity index (χ3v) is 4.03. The number of anilines is 3. The molecule has 0 aliphatic carbocycles. The summed E-state index contributed by atoms with van der Waals surface area (Å²) in [6.07, 6.45) is -9.20. The number of thiol groups is 1. The fourth-order valence-electron chi connectivity index (χ4n) is 2.53. The Morgan fingerprint density at radius 1 is 0.880 bits per heavy atom. The highest BCUT2D eigenvalue weighted by molar-refractivity contribution is 7.81. The first-order valence-corrected chi connectivity index (χ1v) is 7.35. The molecule has 10 heteroatoms. The molecule has 0 aromatic heterocycles. The molecular formula is C15H10F6N2OS. The molecule has 2 N–H and O–H groups in total. The van der Waals surface area contributed by atoms with Gasteiger partial charge in [-0.1, -0.05) is 0 Å². The van der Waals surface area contributed by atoms with Crippen molar-refractivity contribution in [2.45, 2.75) is 17.9 Å². The molecule has 3 rings (SSSR count). The van der Waals surface area contributed by atoms with Crippen LogP contribution in [0.2, 0.25) is 0 Å². The monoisotopic (exact) mass is 380 g/mol. The van der Waals surface area contributed by atoms with E-state index in [0.717, 1.165) is 24.3 Å². The van der Waals surface area contributed by atoms with E-state index in [1.807, 2.05) is 0 Å². The first-order valence-electron chi connectivity index (χ1n) is 6.84. The van der Waals surface area contributed by atoms with Crippen molar-refractivity contribution in [2.75, 3.05) is 10.2 Å². The molecule has 25 heavy (non-hydrogen) atoms. The maximum Gasteiger partial charge on any atom is 0.416 e. The lowest BCUT2D eigenvalue weighted by molar-refractivity contribution is -0.138. The van der Waals surface area contributed by atoms with E-state index in [1.54, 1.807) is 0 Å². The fourth-order valence-corrected chi connectivity index (χ4v) is 2.92. The molecular weight excluding hydrogens is 370 g/mol. The van der Waals surface area contributed by atoms with Gasteiger partial charge in [0.1, 0.15) is 11.2 Å².